The Bertz CT molecular complexity index is 536. The number of aromatic nitrogens is 2. The standard InChI is InChI=1S/C15H20ClN3/c1-11(7-13-5-4-6-15(16)8-13)18-12(2)14-9-17-19(3)10-14/h4-6,8-12,18H,7H2,1-3H3. The van der Waals surface area contributed by atoms with Crippen molar-refractivity contribution in [2.75, 3.05) is 0 Å². The van der Waals surface area contributed by atoms with Crippen LogP contribution in [0.5, 0.6) is 0 Å². The SMILES string of the molecule is CC(Cc1cccc(Cl)c1)NC(C)c1cnn(C)c1. The summed E-state index contributed by atoms with van der Waals surface area (Å²) in [6.45, 7) is 4.35. The molecule has 0 saturated heterocycles. The Labute approximate surface area is 119 Å². The zero-order valence-electron chi connectivity index (χ0n) is 11.6. The van der Waals surface area contributed by atoms with Gasteiger partial charge in [0.05, 0.1) is 6.20 Å². The number of nitrogens with one attached hydrogen (secondary N) is 1. The van der Waals surface area contributed by atoms with Crippen molar-refractivity contribution in [3.63, 3.8) is 0 Å². The van der Waals surface area contributed by atoms with Gasteiger partial charge in [-0.15, -0.1) is 0 Å². The molecule has 1 heterocycles. The summed E-state index contributed by atoms with van der Waals surface area (Å²) in [7, 11) is 1.94. The molecule has 0 aliphatic rings. The van der Waals surface area contributed by atoms with Crippen molar-refractivity contribution < 1.29 is 0 Å². The smallest absolute Gasteiger partial charge is 0.0537 e. The van der Waals surface area contributed by atoms with E-state index in [1.807, 2.05) is 42.3 Å². The predicted octanol–water partition coefficient (Wildman–Crippen LogP) is 3.36. The molecule has 0 radical (unpaired) electrons. The maximum Gasteiger partial charge on any atom is 0.0537 e. The number of hydrogen-bond acceptors (Lipinski definition) is 2. The lowest BCUT2D eigenvalue weighted by atomic mass is 10.1. The highest BCUT2D eigenvalue weighted by molar-refractivity contribution is 6.30. The van der Waals surface area contributed by atoms with Crippen molar-refractivity contribution in [3.8, 4) is 0 Å². The molecule has 1 N–H and O–H groups in total. The van der Waals surface area contributed by atoms with E-state index in [1.54, 1.807) is 0 Å². The highest BCUT2D eigenvalue weighted by Crippen LogP contribution is 2.15. The van der Waals surface area contributed by atoms with E-state index in [2.05, 4.69) is 30.3 Å². The van der Waals surface area contributed by atoms with Crippen LogP contribution in [0.15, 0.2) is 36.7 Å². The summed E-state index contributed by atoms with van der Waals surface area (Å²) in [6.07, 6.45) is 4.92. The van der Waals surface area contributed by atoms with Crippen LogP contribution in [-0.4, -0.2) is 15.8 Å². The number of benzene rings is 1. The molecule has 2 atom stereocenters. The first-order valence-corrected chi connectivity index (χ1v) is 6.91. The molecular formula is C15H20ClN3. The minimum atomic E-state index is 0.294. The zero-order valence-corrected chi connectivity index (χ0v) is 12.4. The van der Waals surface area contributed by atoms with Crippen LogP contribution in [0.4, 0.5) is 0 Å². The normalized spacial score (nSPS) is 14.3. The van der Waals surface area contributed by atoms with E-state index in [-0.39, 0.29) is 0 Å². The van der Waals surface area contributed by atoms with E-state index >= 15 is 0 Å². The van der Waals surface area contributed by atoms with E-state index in [0.717, 1.165) is 11.4 Å². The Balaban J connectivity index is 1.92. The van der Waals surface area contributed by atoms with Crippen molar-refractivity contribution in [2.45, 2.75) is 32.4 Å². The van der Waals surface area contributed by atoms with E-state index in [4.69, 9.17) is 11.6 Å². The van der Waals surface area contributed by atoms with Crippen LogP contribution in [0.1, 0.15) is 31.0 Å². The summed E-state index contributed by atoms with van der Waals surface area (Å²) >= 11 is 6.00. The molecule has 0 saturated carbocycles. The molecule has 2 rings (SSSR count). The summed E-state index contributed by atoms with van der Waals surface area (Å²) in [5.74, 6) is 0. The summed E-state index contributed by atoms with van der Waals surface area (Å²) in [6, 6.07) is 8.71. The van der Waals surface area contributed by atoms with Crippen molar-refractivity contribution in [1.29, 1.82) is 0 Å². The van der Waals surface area contributed by atoms with Gasteiger partial charge in [0.25, 0.3) is 0 Å². The van der Waals surface area contributed by atoms with Crippen molar-refractivity contribution >= 4 is 11.6 Å². The van der Waals surface area contributed by atoms with Gasteiger partial charge in [-0.3, -0.25) is 4.68 Å². The van der Waals surface area contributed by atoms with Crippen LogP contribution in [0.2, 0.25) is 5.02 Å². The topological polar surface area (TPSA) is 29.9 Å². The fourth-order valence-corrected chi connectivity index (χ4v) is 2.48. The second-order valence-electron chi connectivity index (χ2n) is 5.07. The fraction of sp³-hybridized carbons (Fsp3) is 0.400. The fourth-order valence-electron chi connectivity index (χ4n) is 2.26. The molecule has 2 unspecified atom stereocenters. The second-order valence-corrected chi connectivity index (χ2v) is 5.51. The van der Waals surface area contributed by atoms with Gasteiger partial charge in [0.15, 0.2) is 0 Å². The molecular weight excluding hydrogens is 258 g/mol. The largest absolute Gasteiger partial charge is 0.307 e. The highest BCUT2D eigenvalue weighted by Gasteiger charge is 2.11. The van der Waals surface area contributed by atoms with E-state index < -0.39 is 0 Å². The number of rotatable bonds is 5. The molecule has 0 spiro atoms. The highest BCUT2D eigenvalue weighted by atomic mass is 35.5. The average Bonchev–Trinajstić information content (AvgIpc) is 2.75. The van der Waals surface area contributed by atoms with Crippen molar-refractivity contribution in [3.05, 3.63) is 52.8 Å². The minimum Gasteiger partial charge on any atom is -0.307 e. The number of halogens is 1. The predicted molar refractivity (Wildman–Crippen MR) is 79.4 cm³/mol. The maximum atomic E-state index is 6.00. The van der Waals surface area contributed by atoms with Gasteiger partial charge in [0, 0.05) is 35.9 Å². The van der Waals surface area contributed by atoms with Crippen LogP contribution in [0.3, 0.4) is 0 Å². The summed E-state index contributed by atoms with van der Waals surface area (Å²) in [5.41, 5.74) is 2.46. The first-order chi connectivity index (χ1) is 9.04. The van der Waals surface area contributed by atoms with Gasteiger partial charge < -0.3 is 5.32 Å². The molecule has 2 aromatic rings. The number of aryl methyl sites for hydroxylation is 1. The van der Waals surface area contributed by atoms with Crippen LogP contribution < -0.4 is 5.32 Å². The Morgan fingerprint density at radius 2 is 2.16 bits per heavy atom. The lowest BCUT2D eigenvalue weighted by molar-refractivity contribution is 0.477. The molecule has 0 fully saturated rings. The van der Waals surface area contributed by atoms with E-state index in [9.17, 15) is 0 Å². The van der Waals surface area contributed by atoms with Crippen LogP contribution in [0.25, 0.3) is 0 Å². The first kappa shape index (κ1) is 14.1. The lowest BCUT2D eigenvalue weighted by Gasteiger charge is -2.19. The summed E-state index contributed by atoms with van der Waals surface area (Å²) in [5, 5.41) is 8.58. The third kappa shape index (κ3) is 4.08. The minimum absolute atomic E-state index is 0.294. The van der Waals surface area contributed by atoms with Crippen molar-refractivity contribution in [2.24, 2.45) is 7.05 Å². The maximum absolute atomic E-state index is 6.00. The van der Waals surface area contributed by atoms with E-state index in [0.29, 0.717) is 12.1 Å². The van der Waals surface area contributed by atoms with Gasteiger partial charge in [0.2, 0.25) is 0 Å². The quantitative estimate of drug-likeness (QED) is 0.908. The molecule has 19 heavy (non-hydrogen) atoms. The van der Waals surface area contributed by atoms with Gasteiger partial charge in [-0.25, -0.2) is 0 Å². The average molecular weight is 278 g/mol. The molecule has 1 aromatic carbocycles. The van der Waals surface area contributed by atoms with Gasteiger partial charge in [-0.2, -0.15) is 5.10 Å². The molecule has 1 aromatic heterocycles. The Hall–Kier alpha value is -1.32. The Morgan fingerprint density at radius 1 is 1.37 bits per heavy atom. The zero-order chi connectivity index (χ0) is 13.8. The Kier molecular flexibility index (Phi) is 4.61. The van der Waals surface area contributed by atoms with Gasteiger partial charge >= 0.3 is 0 Å². The number of hydrogen-bond donors (Lipinski definition) is 1. The van der Waals surface area contributed by atoms with Gasteiger partial charge in [-0.1, -0.05) is 23.7 Å². The molecule has 0 aliphatic carbocycles. The Morgan fingerprint density at radius 3 is 2.79 bits per heavy atom. The molecule has 0 bridgehead atoms. The van der Waals surface area contributed by atoms with Crippen molar-refractivity contribution in [1.82, 2.24) is 15.1 Å². The van der Waals surface area contributed by atoms with Crippen LogP contribution >= 0.6 is 11.6 Å². The monoisotopic (exact) mass is 277 g/mol. The number of nitrogens with zero attached hydrogens (tertiary/aromatic N) is 2. The second kappa shape index (κ2) is 6.22. The summed E-state index contributed by atoms with van der Waals surface area (Å²) in [4.78, 5) is 0. The molecule has 0 amide bonds. The van der Waals surface area contributed by atoms with Crippen LogP contribution in [-0.2, 0) is 13.5 Å². The molecule has 3 nitrogen and oxygen atoms in total. The van der Waals surface area contributed by atoms with Gasteiger partial charge in [-0.05, 0) is 38.0 Å². The van der Waals surface area contributed by atoms with Crippen LogP contribution in [0, 0.1) is 0 Å². The molecule has 4 heteroatoms. The summed E-state index contributed by atoms with van der Waals surface area (Å²) < 4.78 is 1.83. The van der Waals surface area contributed by atoms with E-state index in [1.165, 1.54) is 11.1 Å². The third-order valence-electron chi connectivity index (χ3n) is 3.19. The molecule has 0 aliphatic heterocycles. The molecule has 102 valence electrons. The van der Waals surface area contributed by atoms with Gasteiger partial charge in [0.1, 0.15) is 0 Å². The third-order valence-corrected chi connectivity index (χ3v) is 3.43. The lowest BCUT2D eigenvalue weighted by Crippen LogP contribution is -2.30. The first-order valence-electron chi connectivity index (χ1n) is 6.53.